The number of furan rings is 1. The van der Waals surface area contributed by atoms with Crippen LogP contribution < -0.4 is 5.32 Å². The number of hydrogen-bond donors (Lipinski definition) is 1. The molecule has 0 aromatic carbocycles. The van der Waals surface area contributed by atoms with E-state index in [9.17, 15) is 0 Å². The number of ether oxygens (including phenoxy) is 1. The van der Waals surface area contributed by atoms with Gasteiger partial charge in [0.25, 0.3) is 0 Å². The number of rotatable bonds is 7. The second-order valence-electron chi connectivity index (χ2n) is 4.79. The van der Waals surface area contributed by atoms with Crippen molar-refractivity contribution in [1.29, 1.82) is 0 Å². The zero-order valence-corrected chi connectivity index (χ0v) is 11.2. The molecule has 1 fully saturated rings. The number of nitrogens with zero attached hydrogens (tertiary/aromatic N) is 1. The van der Waals surface area contributed by atoms with Crippen LogP contribution in [0.1, 0.15) is 25.5 Å². The first-order valence-electron chi connectivity index (χ1n) is 6.94. The van der Waals surface area contributed by atoms with Crippen LogP contribution in [0.15, 0.2) is 22.8 Å². The molecule has 102 valence electrons. The van der Waals surface area contributed by atoms with Crippen molar-refractivity contribution in [1.82, 2.24) is 10.2 Å². The van der Waals surface area contributed by atoms with Crippen molar-refractivity contribution < 1.29 is 9.15 Å². The van der Waals surface area contributed by atoms with Crippen LogP contribution in [0.3, 0.4) is 0 Å². The Morgan fingerprint density at radius 2 is 2.22 bits per heavy atom. The quantitative estimate of drug-likeness (QED) is 0.804. The second kappa shape index (κ2) is 7.56. The van der Waals surface area contributed by atoms with Gasteiger partial charge in [-0.3, -0.25) is 4.90 Å². The lowest BCUT2D eigenvalue weighted by Crippen LogP contribution is -2.39. The van der Waals surface area contributed by atoms with E-state index in [-0.39, 0.29) is 0 Å². The van der Waals surface area contributed by atoms with Gasteiger partial charge in [-0.15, -0.1) is 0 Å². The molecule has 0 saturated carbocycles. The van der Waals surface area contributed by atoms with Gasteiger partial charge in [0, 0.05) is 32.3 Å². The Kier molecular flexibility index (Phi) is 5.71. The number of nitrogens with one attached hydrogen (secondary N) is 1. The monoisotopic (exact) mass is 252 g/mol. The Labute approximate surface area is 109 Å². The van der Waals surface area contributed by atoms with Gasteiger partial charge in [0.05, 0.1) is 12.8 Å². The smallest absolute Gasteiger partial charge is 0.117 e. The minimum Gasteiger partial charge on any atom is -0.468 e. The van der Waals surface area contributed by atoms with Crippen LogP contribution in [0.2, 0.25) is 0 Å². The minimum atomic E-state index is 0.640. The van der Waals surface area contributed by atoms with Gasteiger partial charge < -0.3 is 14.5 Å². The molecule has 0 atom stereocenters. The Morgan fingerprint density at radius 1 is 1.39 bits per heavy atom. The van der Waals surface area contributed by atoms with Gasteiger partial charge in [-0.2, -0.15) is 0 Å². The van der Waals surface area contributed by atoms with Crippen molar-refractivity contribution >= 4 is 0 Å². The Hall–Kier alpha value is -0.840. The average molecular weight is 252 g/mol. The molecule has 0 unspecified atom stereocenters. The second-order valence-corrected chi connectivity index (χ2v) is 4.79. The summed E-state index contributed by atoms with van der Waals surface area (Å²) < 4.78 is 10.7. The highest BCUT2D eigenvalue weighted by Crippen LogP contribution is 2.07. The molecule has 1 aromatic heterocycles. The first-order chi connectivity index (χ1) is 8.88. The predicted octanol–water partition coefficient (Wildman–Crippen LogP) is 1.87. The summed E-state index contributed by atoms with van der Waals surface area (Å²) in [6, 6.07) is 4.62. The van der Waals surface area contributed by atoms with Crippen LogP contribution in [0.4, 0.5) is 0 Å². The highest BCUT2D eigenvalue weighted by atomic mass is 16.5. The van der Waals surface area contributed by atoms with E-state index in [1.165, 1.54) is 0 Å². The molecule has 18 heavy (non-hydrogen) atoms. The standard InChI is InChI=1S/C14H24N2O2/c1-2-16(12-14-4-3-9-18-14)8-7-15-13-5-10-17-11-6-13/h3-4,9,13,15H,2,5-8,10-12H2,1H3. The van der Waals surface area contributed by atoms with E-state index in [0.29, 0.717) is 6.04 Å². The third-order valence-corrected chi connectivity index (χ3v) is 3.49. The summed E-state index contributed by atoms with van der Waals surface area (Å²) in [5.74, 6) is 1.04. The van der Waals surface area contributed by atoms with E-state index in [2.05, 4.69) is 17.1 Å². The van der Waals surface area contributed by atoms with Crippen molar-refractivity contribution in [2.75, 3.05) is 32.8 Å². The first kappa shape index (κ1) is 13.6. The zero-order chi connectivity index (χ0) is 12.6. The third-order valence-electron chi connectivity index (χ3n) is 3.49. The molecule has 0 radical (unpaired) electrons. The molecule has 1 saturated heterocycles. The van der Waals surface area contributed by atoms with Crippen LogP contribution in [-0.4, -0.2) is 43.8 Å². The largest absolute Gasteiger partial charge is 0.468 e. The maximum absolute atomic E-state index is 5.38. The topological polar surface area (TPSA) is 37.6 Å². The average Bonchev–Trinajstić information content (AvgIpc) is 2.92. The van der Waals surface area contributed by atoms with Gasteiger partial charge in [0.15, 0.2) is 0 Å². The Morgan fingerprint density at radius 3 is 2.89 bits per heavy atom. The SMILES string of the molecule is CCN(CCNC1CCOCC1)Cc1ccco1. The fraction of sp³-hybridized carbons (Fsp3) is 0.714. The lowest BCUT2D eigenvalue weighted by atomic mass is 10.1. The third kappa shape index (κ3) is 4.44. The van der Waals surface area contributed by atoms with E-state index < -0.39 is 0 Å². The number of hydrogen-bond acceptors (Lipinski definition) is 4. The molecule has 4 heteroatoms. The first-order valence-corrected chi connectivity index (χ1v) is 6.94. The molecule has 0 bridgehead atoms. The lowest BCUT2D eigenvalue weighted by Gasteiger charge is -2.25. The van der Waals surface area contributed by atoms with Gasteiger partial charge in [-0.25, -0.2) is 0 Å². The molecule has 4 nitrogen and oxygen atoms in total. The molecule has 0 amide bonds. The maximum atomic E-state index is 5.38. The summed E-state index contributed by atoms with van der Waals surface area (Å²) in [6.45, 7) is 8.06. The lowest BCUT2D eigenvalue weighted by molar-refractivity contribution is 0.0771. The molecule has 1 aliphatic heterocycles. The fourth-order valence-corrected chi connectivity index (χ4v) is 2.30. The van der Waals surface area contributed by atoms with Crippen molar-refractivity contribution in [2.24, 2.45) is 0 Å². The molecule has 1 N–H and O–H groups in total. The van der Waals surface area contributed by atoms with Crippen molar-refractivity contribution in [3.8, 4) is 0 Å². The fourth-order valence-electron chi connectivity index (χ4n) is 2.30. The van der Waals surface area contributed by atoms with Crippen LogP contribution in [0.5, 0.6) is 0 Å². The normalized spacial score (nSPS) is 17.4. The van der Waals surface area contributed by atoms with Crippen LogP contribution in [0.25, 0.3) is 0 Å². The van der Waals surface area contributed by atoms with Crippen molar-refractivity contribution in [3.05, 3.63) is 24.2 Å². The highest BCUT2D eigenvalue weighted by Gasteiger charge is 2.13. The van der Waals surface area contributed by atoms with Gasteiger partial charge in [0.1, 0.15) is 5.76 Å². The summed E-state index contributed by atoms with van der Waals surface area (Å²) in [7, 11) is 0. The zero-order valence-electron chi connectivity index (χ0n) is 11.2. The summed E-state index contributed by atoms with van der Waals surface area (Å²) >= 11 is 0. The molecule has 0 spiro atoms. The minimum absolute atomic E-state index is 0.640. The van der Waals surface area contributed by atoms with E-state index in [1.54, 1.807) is 6.26 Å². The van der Waals surface area contributed by atoms with Crippen LogP contribution in [0, 0.1) is 0 Å². The molecule has 2 heterocycles. The molecule has 1 aliphatic rings. The van der Waals surface area contributed by atoms with E-state index in [0.717, 1.165) is 58.0 Å². The summed E-state index contributed by atoms with van der Waals surface area (Å²) in [5, 5.41) is 3.61. The van der Waals surface area contributed by atoms with Crippen molar-refractivity contribution in [2.45, 2.75) is 32.4 Å². The van der Waals surface area contributed by atoms with Gasteiger partial charge in [0.2, 0.25) is 0 Å². The van der Waals surface area contributed by atoms with E-state index >= 15 is 0 Å². The molecule has 2 rings (SSSR count). The summed E-state index contributed by atoms with van der Waals surface area (Å²) in [6.07, 6.45) is 4.03. The van der Waals surface area contributed by atoms with E-state index in [4.69, 9.17) is 9.15 Å². The van der Waals surface area contributed by atoms with Crippen molar-refractivity contribution in [3.63, 3.8) is 0 Å². The van der Waals surface area contributed by atoms with E-state index in [1.807, 2.05) is 12.1 Å². The summed E-state index contributed by atoms with van der Waals surface area (Å²) in [4.78, 5) is 2.39. The molecule has 0 aliphatic carbocycles. The maximum Gasteiger partial charge on any atom is 0.117 e. The molecular weight excluding hydrogens is 228 g/mol. The molecule has 1 aromatic rings. The molecular formula is C14H24N2O2. The van der Waals surface area contributed by atoms with Gasteiger partial charge >= 0.3 is 0 Å². The van der Waals surface area contributed by atoms with Crippen LogP contribution in [-0.2, 0) is 11.3 Å². The summed E-state index contributed by atoms with van der Waals surface area (Å²) in [5.41, 5.74) is 0. The highest BCUT2D eigenvalue weighted by molar-refractivity contribution is 4.97. The Balaban J connectivity index is 1.64. The predicted molar refractivity (Wildman–Crippen MR) is 71.5 cm³/mol. The Bertz CT molecular complexity index is 308. The number of likely N-dealkylation sites (N-methyl/N-ethyl adjacent to an activating group) is 1. The van der Waals surface area contributed by atoms with Gasteiger partial charge in [-0.1, -0.05) is 6.92 Å². The van der Waals surface area contributed by atoms with Gasteiger partial charge in [-0.05, 0) is 31.5 Å². The van der Waals surface area contributed by atoms with Crippen LogP contribution >= 0.6 is 0 Å².